The third-order valence-corrected chi connectivity index (χ3v) is 5.43. The standard InChI is InChI=1S/C22H19N7O/c30-21-16-12-24-29(15-6-2-1-3-7-15)20(16)26-22(27-21)23-13-19-25-17-8-4-5-9-18(17)28(19)14-10-11-14/h1-9,12,14H,10-11,13H2,(H2,23,26,27,30). The van der Waals surface area contributed by atoms with Gasteiger partial charge in [-0.05, 0) is 37.1 Å². The van der Waals surface area contributed by atoms with Crippen LogP contribution in [-0.4, -0.2) is 29.3 Å². The topological polar surface area (TPSA) is 93.4 Å². The molecule has 148 valence electrons. The lowest BCUT2D eigenvalue weighted by atomic mass is 10.3. The average Bonchev–Trinajstić information content (AvgIpc) is 3.40. The van der Waals surface area contributed by atoms with E-state index < -0.39 is 0 Å². The summed E-state index contributed by atoms with van der Waals surface area (Å²) in [6, 6.07) is 18.3. The maximum atomic E-state index is 12.6. The molecule has 0 unspecified atom stereocenters. The fourth-order valence-electron chi connectivity index (χ4n) is 3.88. The first-order valence-electron chi connectivity index (χ1n) is 10.0. The predicted molar refractivity (Wildman–Crippen MR) is 115 cm³/mol. The molecule has 0 aliphatic heterocycles. The number of aromatic amines is 1. The second kappa shape index (κ2) is 6.55. The summed E-state index contributed by atoms with van der Waals surface area (Å²) < 4.78 is 3.97. The van der Waals surface area contributed by atoms with Crippen molar-refractivity contribution in [1.82, 2.24) is 29.3 Å². The summed E-state index contributed by atoms with van der Waals surface area (Å²) in [6.07, 6.45) is 3.89. The largest absolute Gasteiger partial charge is 0.348 e. The minimum absolute atomic E-state index is 0.222. The molecule has 30 heavy (non-hydrogen) atoms. The molecular weight excluding hydrogens is 378 g/mol. The van der Waals surface area contributed by atoms with Crippen LogP contribution in [0.5, 0.6) is 0 Å². The van der Waals surface area contributed by atoms with E-state index in [4.69, 9.17) is 4.98 Å². The third kappa shape index (κ3) is 2.76. The first-order chi connectivity index (χ1) is 14.8. The van der Waals surface area contributed by atoms with E-state index in [0.717, 1.165) is 22.5 Å². The maximum Gasteiger partial charge on any atom is 0.263 e. The third-order valence-electron chi connectivity index (χ3n) is 5.43. The lowest BCUT2D eigenvalue weighted by Crippen LogP contribution is -2.15. The Morgan fingerprint density at radius 3 is 2.67 bits per heavy atom. The summed E-state index contributed by atoms with van der Waals surface area (Å²) in [5, 5.41) is 8.06. The van der Waals surface area contributed by atoms with Gasteiger partial charge in [-0.3, -0.25) is 9.78 Å². The molecule has 8 heteroatoms. The van der Waals surface area contributed by atoms with Crippen molar-refractivity contribution in [2.75, 3.05) is 5.32 Å². The lowest BCUT2D eigenvalue weighted by Gasteiger charge is -2.09. The monoisotopic (exact) mass is 397 g/mol. The number of nitrogens with one attached hydrogen (secondary N) is 2. The number of anilines is 1. The van der Waals surface area contributed by atoms with Crippen molar-refractivity contribution < 1.29 is 0 Å². The summed E-state index contributed by atoms with van der Waals surface area (Å²) in [4.78, 5) is 24.8. The zero-order chi connectivity index (χ0) is 20.1. The van der Waals surface area contributed by atoms with Crippen LogP contribution < -0.4 is 10.9 Å². The van der Waals surface area contributed by atoms with E-state index in [9.17, 15) is 4.79 Å². The van der Waals surface area contributed by atoms with Gasteiger partial charge in [0.1, 0.15) is 11.2 Å². The number of para-hydroxylation sites is 3. The number of hydrogen-bond acceptors (Lipinski definition) is 5. The Balaban J connectivity index is 1.37. The van der Waals surface area contributed by atoms with E-state index in [-0.39, 0.29) is 5.56 Å². The number of H-pyrrole nitrogens is 1. The van der Waals surface area contributed by atoms with Gasteiger partial charge in [0.05, 0.1) is 29.5 Å². The van der Waals surface area contributed by atoms with Gasteiger partial charge in [-0.1, -0.05) is 30.3 Å². The quantitative estimate of drug-likeness (QED) is 0.474. The Kier molecular flexibility index (Phi) is 3.70. The molecule has 1 aliphatic rings. The SMILES string of the molecule is O=c1[nH]c(NCc2nc3ccccc3n2C2CC2)nc2c1cnn2-c1ccccc1. The molecule has 0 atom stereocenters. The van der Waals surface area contributed by atoms with Gasteiger partial charge in [0.15, 0.2) is 5.65 Å². The molecular formula is C22H19N7O. The van der Waals surface area contributed by atoms with Crippen LogP contribution in [0.15, 0.2) is 65.6 Å². The van der Waals surface area contributed by atoms with E-state index in [1.165, 1.54) is 12.8 Å². The molecule has 0 amide bonds. The van der Waals surface area contributed by atoms with Gasteiger partial charge in [0.25, 0.3) is 5.56 Å². The average molecular weight is 397 g/mol. The minimum Gasteiger partial charge on any atom is -0.348 e. The summed E-state index contributed by atoms with van der Waals surface area (Å²) >= 11 is 0. The van der Waals surface area contributed by atoms with Gasteiger partial charge in [-0.2, -0.15) is 10.1 Å². The van der Waals surface area contributed by atoms with Gasteiger partial charge in [0, 0.05) is 6.04 Å². The summed E-state index contributed by atoms with van der Waals surface area (Å²) in [5.74, 6) is 1.34. The molecule has 1 saturated carbocycles. The number of aromatic nitrogens is 6. The summed E-state index contributed by atoms with van der Waals surface area (Å²) in [6.45, 7) is 0.471. The molecule has 1 fully saturated rings. The maximum absolute atomic E-state index is 12.6. The molecule has 2 N–H and O–H groups in total. The van der Waals surface area contributed by atoms with Crippen molar-refractivity contribution in [2.24, 2.45) is 0 Å². The molecule has 0 saturated heterocycles. The van der Waals surface area contributed by atoms with Gasteiger partial charge in [0.2, 0.25) is 5.95 Å². The van der Waals surface area contributed by atoms with Crippen molar-refractivity contribution >= 4 is 28.0 Å². The van der Waals surface area contributed by atoms with Crippen LogP contribution in [0.2, 0.25) is 0 Å². The van der Waals surface area contributed by atoms with Gasteiger partial charge >= 0.3 is 0 Å². The smallest absolute Gasteiger partial charge is 0.263 e. The molecule has 2 aromatic carbocycles. The van der Waals surface area contributed by atoms with Crippen molar-refractivity contribution in [1.29, 1.82) is 0 Å². The van der Waals surface area contributed by atoms with Gasteiger partial charge in [-0.15, -0.1) is 0 Å². The lowest BCUT2D eigenvalue weighted by molar-refractivity contribution is 0.709. The number of fused-ring (bicyclic) bond motifs is 2. The molecule has 0 spiro atoms. The highest BCUT2D eigenvalue weighted by molar-refractivity contribution is 5.77. The summed E-state index contributed by atoms with van der Waals surface area (Å²) in [5.41, 5.74) is 3.28. The Hall–Kier alpha value is -3.94. The van der Waals surface area contributed by atoms with Crippen molar-refractivity contribution in [3.8, 4) is 5.69 Å². The van der Waals surface area contributed by atoms with Crippen molar-refractivity contribution in [3.63, 3.8) is 0 Å². The van der Waals surface area contributed by atoms with Crippen molar-refractivity contribution in [3.05, 3.63) is 77.0 Å². The molecule has 0 bridgehead atoms. The Bertz CT molecular complexity index is 1430. The van der Waals surface area contributed by atoms with E-state index in [1.54, 1.807) is 10.9 Å². The second-order valence-corrected chi connectivity index (χ2v) is 7.52. The van der Waals surface area contributed by atoms with E-state index in [0.29, 0.717) is 29.6 Å². The fourth-order valence-corrected chi connectivity index (χ4v) is 3.88. The van der Waals surface area contributed by atoms with Crippen LogP contribution in [0.25, 0.3) is 27.8 Å². The predicted octanol–water partition coefficient (Wildman–Crippen LogP) is 3.41. The van der Waals surface area contributed by atoms with Gasteiger partial charge < -0.3 is 9.88 Å². The first kappa shape index (κ1) is 17.0. The Morgan fingerprint density at radius 1 is 1.03 bits per heavy atom. The zero-order valence-electron chi connectivity index (χ0n) is 16.1. The zero-order valence-corrected chi connectivity index (χ0v) is 16.1. The van der Waals surface area contributed by atoms with Crippen LogP contribution >= 0.6 is 0 Å². The molecule has 3 heterocycles. The van der Waals surface area contributed by atoms with Crippen LogP contribution in [0.3, 0.4) is 0 Å². The fraction of sp³-hybridized carbons (Fsp3) is 0.182. The summed E-state index contributed by atoms with van der Waals surface area (Å²) in [7, 11) is 0. The second-order valence-electron chi connectivity index (χ2n) is 7.52. The number of imidazole rings is 1. The van der Waals surface area contributed by atoms with Crippen LogP contribution in [0.1, 0.15) is 24.7 Å². The Morgan fingerprint density at radius 2 is 1.83 bits per heavy atom. The van der Waals surface area contributed by atoms with Gasteiger partial charge in [-0.25, -0.2) is 9.67 Å². The van der Waals surface area contributed by atoms with E-state index in [1.807, 2.05) is 48.5 Å². The first-order valence-corrected chi connectivity index (χ1v) is 10.0. The number of hydrogen-bond donors (Lipinski definition) is 2. The van der Waals surface area contributed by atoms with Crippen molar-refractivity contribution in [2.45, 2.75) is 25.4 Å². The Labute approximate surface area is 171 Å². The highest BCUT2D eigenvalue weighted by Crippen LogP contribution is 2.38. The highest BCUT2D eigenvalue weighted by Gasteiger charge is 2.28. The van der Waals surface area contributed by atoms with E-state index in [2.05, 4.69) is 31.0 Å². The minimum atomic E-state index is -0.222. The van der Waals surface area contributed by atoms with E-state index >= 15 is 0 Å². The normalized spacial score (nSPS) is 13.9. The number of nitrogens with zero attached hydrogens (tertiary/aromatic N) is 5. The van der Waals surface area contributed by atoms with Crippen LogP contribution in [0.4, 0.5) is 5.95 Å². The highest BCUT2D eigenvalue weighted by atomic mass is 16.1. The molecule has 1 aliphatic carbocycles. The molecule has 3 aromatic heterocycles. The molecule has 0 radical (unpaired) electrons. The number of rotatable bonds is 5. The molecule has 8 nitrogen and oxygen atoms in total. The molecule has 5 aromatic rings. The van der Waals surface area contributed by atoms with Crippen LogP contribution in [-0.2, 0) is 6.54 Å². The molecule has 6 rings (SSSR count). The van der Waals surface area contributed by atoms with Crippen LogP contribution in [0, 0.1) is 0 Å². The number of benzene rings is 2.